The first kappa shape index (κ1) is 12.8. The normalized spacial score (nSPS) is 18.4. The molecular formula is C16H19NOS. The first-order chi connectivity index (χ1) is 9.13. The highest BCUT2D eigenvalue weighted by Gasteiger charge is 2.22. The van der Waals surface area contributed by atoms with Gasteiger partial charge in [0.15, 0.2) is 0 Å². The van der Waals surface area contributed by atoms with E-state index in [1.807, 2.05) is 0 Å². The third kappa shape index (κ3) is 2.58. The molecular weight excluding hydrogens is 254 g/mol. The minimum atomic E-state index is -0.283. The maximum absolute atomic E-state index is 9.99. The second kappa shape index (κ2) is 5.06. The van der Waals surface area contributed by atoms with Gasteiger partial charge in [-0.3, -0.25) is 0 Å². The summed E-state index contributed by atoms with van der Waals surface area (Å²) < 4.78 is 0. The van der Waals surface area contributed by atoms with Crippen molar-refractivity contribution in [3.05, 3.63) is 50.5 Å². The van der Waals surface area contributed by atoms with Crippen molar-refractivity contribution in [2.75, 3.05) is 0 Å². The van der Waals surface area contributed by atoms with Gasteiger partial charge in [0.05, 0.1) is 21.7 Å². The maximum atomic E-state index is 9.99. The molecule has 1 aromatic heterocycles. The predicted octanol–water partition coefficient (Wildman–Crippen LogP) is 3.72. The molecule has 0 amide bonds. The van der Waals surface area contributed by atoms with Gasteiger partial charge in [-0.1, -0.05) is 18.2 Å². The topological polar surface area (TPSA) is 33.1 Å². The summed E-state index contributed by atoms with van der Waals surface area (Å²) in [5, 5.41) is 11.1. The molecule has 0 saturated heterocycles. The van der Waals surface area contributed by atoms with E-state index in [0.717, 1.165) is 41.3 Å². The van der Waals surface area contributed by atoms with Crippen LogP contribution in [0.1, 0.15) is 51.2 Å². The zero-order valence-corrected chi connectivity index (χ0v) is 12.3. The van der Waals surface area contributed by atoms with Gasteiger partial charge in [-0.05, 0) is 49.8 Å². The Balaban J connectivity index is 1.85. The zero-order chi connectivity index (χ0) is 13.4. The van der Waals surface area contributed by atoms with E-state index in [4.69, 9.17) is 4.98 Å². The molecule has 3 heteroatoms. The standard InChI is InChI=1S/C16H19NOS/c1-10-6-7-12(8-11(10)2)9-15-17-13-4-3-5-14(18)16(13)19-15/h6-8,14,18H,3-5,9H2,1-2H3. The van der Waals surface area contributed by atoms with Gasteiger partial charge in [0.25, 0.3) is 0 Å². The largest absolute Gasteiger partial charge is 0.388 e. The van der Waals surface area contributed by atoms with Gasteiger partial charge in [-0.25, -0.2) is 4.98 Å². The summed E-state index contributed by atoms with van der Waals surface area (Å²) in [5.74, 6) is 0. The second-order valence-electron chi connectivity index (χ2n) is 5.42. The molecule has 1 aliphatic carbocycles. The van der Waals surface area contributed by atoms with Crippen molar-refractivity contribution in [2.24, 2.45) is 0 Å². The molecule has 0 saturated carbocycles. The van der Waals surface area contributed by atoms with E-state index in [-0.39, 0.29) is 6.10 Å². The number of aliphatic hydroxyl groups excluding tert-OH is 1. The number of fused-ring (bicyclic) bond motifs is 1. The zero-order valence-electron chi connectivity index (χ0n) is 11.4. The van der Waals surface area contributed by atoms with Crippen LogP contribution >= 0.6 is 11.3 Å². The molecule has 0 bridgehead atoms. The van der Waals surface area contributed by atoms with Crippen molar-refractivity contribution in [2.45, 2.75) is 45.6 Å². The monoisotopic (exact) mass is 273 g/mol. The lowest BCUT2D eigenvalue weighted by molar-refractivity contribution is 0.160. The van der Waals surface area contributed by atoms with Crippen LogP contribution in [0.15, 0.2) is 18.2 Å². The van der Waals surface area contributed by atoms with Crippen LogP contribution in [0.4, 0.5) is 0 Å². The summed E-state index contributed by atoms with van der Waals surface area (Å²) >= 11 is 1.69. The Hall–Kier alpha value is -1.19. The van der Waals surface area contributed by atoms with E-state index in [1.54, 1.807) is 11.3 Å². The number of aromatic nitrogens is 1. The van der Waals surface area contributed by atoms with Gasteiger partial charge >= 0.3 is 0 Å². The first-order valence-electron chi connectivity index (χ1n) is 6.86. The van der Waals surface area contributed by atoms with Crippen molar-refractivity contribution < 1.29 is 5.11 Å². The second-order valence-corrected chi connectivity index (χ2v) is 6.54. The summed E-state index contributed by atoms with van der Waals surface area (Å²) in [6.07, 6.45) is 3.57. The lowest BCUT2D eigenvalue weighted by Crippen LogP contribution is -2.06. The van der Waals surface area contributed by atoms with Crippen LogP contribution in [0.25, 0.3) is 0 Å². The summed E-state index contributed by atoms with van der Waals surface area (Å²) in [5.41, 5.74) is 5.10. The number of nitrogens with zero attached hydrogens (tertiary/aromatic N) is 1. The van der Waals surface area contributed by atoms with E-state index < -0.39 is 0 Å². The summed E-state index contributed by atoms with van der Waals surface area (Å²) in [6.45, 7) is 4.28. The van der Waals surface area contributed by atoms with E-state index in [1.165, 1.54) is 16.7 Å². The molecule has 19 heavy (non-hydrogen) atoms. The molecule has 0 spiro atoms. The van der Waals surface area contributed by atoms with Crippen molar-refractivity contribution in [3.8, 4) is 0 Å². The third-order valence-corrected chi connectivity index (χ3v) is 5.09. The van der Waals surface area contributed by atoms with Gasteiger partial charge in [-0.15, -0.1) is 11.3 Å². The molecule has 2 aromatic rings. The minimum absolute atomic E-state index is 0.283. The molecule has 2 nitrogen and oxygen atoms in total. The fraction of sp³-hybridized carbons (Fsp3) is 0.438. The van der Waals surface area contributed by atoms with Crippen LogP contribution in [0.5, 0.6) is 0 Å². The molecule has 1 aromatic carbocycles. The lowest BCUT2D eigenvalue weighted by Gasteiger charge is -2.14. The van der Waals surface area contributed by atoms with Gasteiger partial charge < -0.3 is 5.11 Å². The Kier molecular flexibility index (Phi) is 3.42. The van der Waals surface area contributed by atoms with E-state index >= 15 is 0 Å². The SMILES string of the molecule is Cc1ccc(Cc2nc3c(s2)C(O)CCC3)cc1C. The van der Waals surface area contributed by atoms with Gasteiger partial charge in [0.1, 0.15) is 0 Å². The van der Waals surface area contributed by atoms with Crippen molar-refractivity contribution in [1.29, 1.82) is 0 Å². The average molecular weight is 273 g/mol. The molecule has 0 radical (unpaired) electrons. The molecule has 1 heterocycles. The fourth-order valence-corrected chi connectivity index (χ4v) is 3.78. The number of hydrogen-bond acceptors (Lipinski definition) is 3. The Morgan fingerprint density at radius 3 is 2.89 bits per heavy atom. The van der Waals surface area contributed by atoms with Gasteiger partial charge in [0.2, 0.25) is 0 Å². The predicted molar refractivity (Wildman–Crippen MR) is 78.7 cm³/mol. The molecule has 1 atom stereocenters. The summed E-state index contributed by atoms with van der Waals surface area (Å²) in [6, 6.07) is 6.60. The van der Waals surface area contributed by atoms with Crippen LogP contribution in [-0.4, -0.2) is 10.1 Å². The van der Waals surface area contributed by atoms with Crippen LogP contribution in [0.2, 0.25) is 0 Å². The fourth-order valence-electron chi connectivity index (χ4n) is 2.61. The maximum Gasteiger partial charge on any atom is 0.0975 e. The first-order valence-corrected chi connectivity index (χ1v) is 7.68. The van der Waals surface area contributed by atoms with Crippen LogP contribution < -0.4 is 0 Å². The highest BCUT2D eigenvalue weighted by molar-refractivity contribution is 7.11. The van der Waals surface area contributed by atoms with Crippen molar-refractivity contribution >= 4 is 11.3 Å². The number of thiazole rings is 1. The van der Waals surface area contributed by atoms with Crippen LogP contribution in [0, 0.1) is 13.8 Å². The van der Waals surface area contributed by atoms with Crippen molar-refractivity contribution in [1.82, 2.24) is 4.98 Å². The molecule has 0 aliphatic heterocycles. The number of rotatable bonds is 2. The highest BCUT2D eigenvalue weighted by Crippen LogP contribution is 2.34. The Morgan fingerprint density at radius 1 is 1.32 bits per heavy atom. The Labute approximate surface area is 118 Å². The van der Waals surface area contributed by atoms with Crippen molar-refractivity contribution in [3.63, 3.8) is 0 Å². The summed E-state index contributed by atoms with van der Waals surface area (Å²) in [7, 11) is 0. The third-order valence-electron chi connectivity index (χ3n) is 3.89. The molecule has 1 aliphatic rings. The quantitative estimate of drug-likeness (QED) is 0.904. The smallest absolute Gasteiger partial charge is 0.0975 e. The number of benzene rings is 1. The molecule has 3 rings (SSSR count). The number of hydrogen-bond donors (Lipinski definition) is 1. The molecule has 0 fully saturated rings. The van der Waals surface area contributed by atoms with E-state index in [2.05, 4.69) is 32.0 Å². The van der Waals surface area contributed by atoms with E-state index in [0.29, 0.717) is 0 Å². The van der Waals surface area contributed by atoms with E-state index in [9.17, 15) is 5.11 Å². The Morgan fingerprint density at radius 2 is 2.16 bits per heavy atom. The van der Waals surface area contributed by atoms with Crippen LogP contribution in [-0.2, 0) is 12.8 Å². The van der Waals surface area contributed by atoms with Gasteiger partial charge in [0, 0.05) is 6.42 Å². The van der Waals surface area contributed by atoms with Crippen LogP contribution in [0.3, 0.4) is 0 Å². The summed E-state index contributed by atoms with van der Waals surface area (Å²) in [4.78, 5) is 5.81. The lowest BCUT2D eigenvalue weighted by atomic mass is 10.0. The molecule has 1 unspecified atom stereocenters. The molecule has 1 N–H and O–H groups in total. The number of aliphatic hydroxyl groups is 1. The Bertz CT molecular complexity index is 603. The van der Waals surface area contributed by atoms with Gasteiger partial charge in [-0.2, -0.15) is 0 Å². The molecule has 100 valence electrons. The minimum Gasteiger partial charge on any atom is -0.388 e. The average Bonchev–Trinajstić information content (AvgIpc) is 2.78. The highest BCUT2D eigenvalue weighted by atomic mass is 32.1. The number of aryl methyl sites for hydroxylation is 3.